The van der Waals surface area contributed by atoms with E-state index in [4.69, 9.17) is 21.7 Å². The van der Waals surface area contributed by atoms with Gasteiger partial charge in [0.1, 0.15) is 17.7 Å². The number of rotatable bonds is 6. The lowest BCUT2D eigenvalue weighted by Crippen LogP contribution is -3.00. The van der Waals surface area contributed by atoms with E-state index in [1.807, 2.05) is 19.4 Å². The predicted octanol–water partition coefficient (Wildman–Crippen LogP) is -2.22. The number of halogens is 3. The van der Waals surface area contributed by atoms with E-state index in [2.05, 4.69) is 27.2 Å². The minimum absolute atomic E-state index is 0. The Morgan fingerprint density at radius 1 is 1.39 bits per heavy atom. The van der Waals surface area contributed by atoms with Gasteiger partial charge >= 0.3 is 5.97 Å². The second-order valence-corrected chi connectivity index (χ2v) is 6.59. The number of nitrogens with zero attached hydrogens (tertiary/aromatic N) is 3. The summed E-state index contributed by atoms with van der Waals surface area (Å²) in [5, 5.41) is 17.0. The van der Waals surface area contributed by atoms with Crippen molar-refractivity contribution in [1.82, 2.24) is 9.97 Å². The van der Waals surface area contributed by atoms with Gasteiger partial charge in [0, 0.05) is 31.9 Å². The van der Waals surface area contributed by atoms with Crippen molar-refractivity contribution in [3.8, 4) is 0 Å². The van der Waals surface area contributed by atoms with Crippen LogP contribution in [0.25, 0.3) is 0 Å². The molecule has 28 heavy (non-hydrogen) atoms. The van der Waals surface area contributed by atoms with Crippen LogP contribution in [0.3, 0.4) is 0 Å². The number of carboxylic acid groups (broad SMARTS) is 1. The summed E-state index contributed by atoms with van der Waals surface area (Å²) in [6.45, 7) is 4.71. The van der Waals surface area contributed by atoms with Gasteiger partial charge in [-0.1, -0.05) is 11.3 Å². The maximum absolute atomic E-state index is 9.76. The van der Waals surface area contributed by atoms with Gasteiger partial charge in [-0.2, -0.15) is 17.2 Å². The van der Waals surface area contributed by atoms with Crippen molar-refractivity contribution < 1.29 is 32.0 Å². The molecule has 0 aliphatic rings. The monoisotopic (exact) mass is 493 g/mol. The van der Waals surface area contributed by atoms with Crippen molar-refractivity contribution in [1.29, 1.82) is 0 Å². The van der Waals surface area contributed by atoms with Crippen LogP contribution in [-0.4, -0.2) is 44.6 Å². The maximum Gasteiger partial charge on any atom is 0.321 e. The van der Waals surface area contributed by atoms with Gasteiger partial charge in [0.15, 0.2) is 12.2 Å². The van der Waals surface area contributed by atoms with E-state index < -0.39 is 12.0 Å². The molecule has 0 aliphatic carbocycles. The number of nitrogen functional groups attached to an aromatic ring is 1. The van der Waals surface area contributed by atoms with E-state index in [0.29, 0.717) is 24.6 Å². The normalized spacial score (nSPS) is 10.3. The first-order chi connectivity index (χ1) is 11.8. The number of aliphatic hydroxyl groups excluding tert-OH is 1. The quantitative estimate of drug-likeness (QED) is 0.226. The molecule has 0 unspecified atom stereocenters. The molecule has 0 saturated heterocycles. The number of aliphatic hydroxyl groups is 1. The highest BCUT2D eigenvalue weighted by molar-refractivity contribution is 7.80. The number of nitrogens with two attached hydrogens (primary N) is 2. The van der Waals surface area contributed by atoms with Crippen molar-refractivity contribution in [2.45, 2.75) is 32.9 Å². The first kappa shape index (κ1) is 31.8. The van der Waals surface area contributed by atoms with Crippen molar-refractivity contribution in [3.63, 3.8) is 0 Å². The fourth-order valence-electron chi connectivity index (χ4n) is 1.84. The first-order valence-corrected chi connectivity index (χ1v) is 9.05. The van der Waals surface area contributed by atoms with Crippen molar-refractivity contribution in [2.24, 2.45) is 5.73 Å². The molecule has 0 spiro atoms. The molecule has 0 amide bonds. The Hall–Kier alpha value is -0.880. The maximum atomic E-state index is 9.76. The van der Waals surface area contributed by atoms with Gasteiger partial charge in [-0.3, -0.25) is 4.79 Å². The second-order valence-electron chi connectivity index (χ2n) is 5.29. The number of aliphatic carboxylic acids is 1. The number of aromatic nitrogens is 3. The third-order valence-corrected chi connectivity index (χ3v) is 4.91. The zero-order valence-electron chi connectivity index (χ0n) is 15.4. The van der Waals surface area contributed by atoms with Gasteiger partial charge in [0.2, 0.25) is 5.51 Å². The summed E-state index contributed by atoms with van der Waals surface area (Å²) >= 11 is 5.30. The Balaban J connectivity index is -0.000000546. The van der Waals surface area contributed by atoms with Gasteiger partial charge in [-0.25, -0.2) is 9.97 Å². The number of hydrogen-bond acceptors (Lipinski definition) is 8. The summed E-state index contributed by atoms with van der Waals surface area (Å²) in [6.07, 6.45) is 2.47. The molecule has 0 aliphatic heterocycles. The summed E-state index contributed by atoms with van der Waals surface area (Å²) < 4.78 is 2.11. The van der Waals surface area contributed by atoms with Gasteiger partial charge in [-0.05, 0) is 6.92 Å². The van der Waals surface area contributed by atoms with Gasteiger partial charge in [0.25, 0.3) is 0 Å². The van der Waals surface area contributed by atoms with Crippen LogP contribution in [0.2, 0.25) is 0 Å². The molecule has 2 heterocycles. The Morgan fingerprint density at radius 2 is 2.00 bits per heavy atom. The molecular weight excluding hydrogens is 469 g/mol. The molecule has 2 aromatic heterocycles. The van der Waals surface area contributed by atoms with E-state index in [0.717, 1.165) is 11.3 Å². The Bertz CT molecular complexity index is 722. The zero-order chi connectivity index (χ0) is 19.0. The van der Waals surface area contributed by atoms with Crippen LogP contribution in [0.1, 0.15) is 22.0 Å². The van der Waals surface area contributed by atoms with Gasteiger partial charge < -0.3 is 34.1 Å². The first-order valence-electron chi connectivity index (χ1n) is 7.54. The summed E-state index contributed by atoms with van der Waals surface area (Å²) in [7, 11) is 0. The smallest absolute Gasteiger partial charge is 0.321 e. The molecule has 1 atom stereocenters. The van der Waals surface area contributed by atoms with E-state index in [1.54, 1.807) is 17.5 Å². The molecule has 0 fully saturated rings. The molecule has 8 nitrogen and oxygen atoms in total. The van der Waals surface area contributed by atoms with E-state index in [-0.39, 0.29) is 49.6 Å². The lowest BCUT2D eigenvalue weighted by Gasteiger charge is -2.01. The Morgan fingerprint density at radius 3 is 2.43 bits per heavy atom. The number of thiol groups is 1. The molecule has 13 heteroatoms. The molecule has 0 saturated carbocycles. The second kappa shape index (κ2) is 16.0. The van der Waals surface area contributed by atoms with Crippen molar-refractivity contribution in [3.05, 3.63) is 33.7 Å². The number of anilines is 1. The van der Waals surface area contributed by atoms with Crippen LogP contribution in [0, 0.1) is 13.8 Å². The minimum Gasteiger partial charge on any atom is -1.00 e. The van der Waals surface area contributed by atoms with Crippen LogP contribution in [-0.2, 0) is 17.8 Å². The standard InChI is InChI=1S/C12H17N4OS.C3H7NO2S.3ClH/c1-8-11(3-4-17)18-7-16(8)6-10-5-14-9(2)15-12(10)13;4-2(1-7)3(5)6;;;/h5,7,17H,3-4,6H2,1-2H3,(H2,13,14,15);2,7H,1,4H2,(H,5,6);3*1H/q+1;;;;/p-1/t;2-;;;/m.0.../s1. The molecule has 0 bridgehead atoms. The zero-order valence-corrected chi connectivity index (χ0v) is 19.5. The van der Waals surface area contributed by atoms with Crippen molar-refractivity contribution in [2.75, 3.05) is 18.1 Å². The van der Waals surface area contributed by atoms with Crippen LogP contribution >= 0.6 is 48.8 Å². The molecule has 162 valence electrons. The van der Waals surface area contributed by atoms with Gasteiger partial charge in [-0.15, -0.1) is 24.8 Å². The largest absolute Gasteiger partial charge is 1.00 e. The van der Waals surface area contributed by atoms with E-state index in [1.165, 1.54) is 4.88 Å². The average Bonchev–Trinajstić information content (AvgIpc) is 2.91. The number of thiazole rings is 1. The molecular formula is C15H26Cl3N5O3S2. The lowest BCUT2D eigenvalue weighted by molar-refractivity contribution is -0.689. The topological polar surface area (TPSA) is 139 Å². The van der Waals surface area contributed by atoms with Crippen LogP contribution in [0.4, 0.5) is 5.82 Å². The Kier molecular flexibility index (Phi) is 18.1. The summed E-state index contributed by atoms with van der Waals surface area (Å²) in [4.78, 5) is 19.3. The van der Waals surface area contributed by atoms with Crippen LogP contribution in [0.15, 0.2) is 11.7 Å². The SMILES string of the molecule is Cc1ncc(C[n+]2csc(CCO)c2C)c(N)n1.Cl.Cl.N[C@@H](CS)C(=O)O.[Cl-]. The van der Waals surface area contributed by atoms with Crippen LogP contribution in [0.5, 0.6) is 0 Å². The highest BCUT2D eigenvalue weighted by Gasteiger charge is 2.17. The predicted molar refractivity (Wildman–Crippen MR) is 114 cm³/mol. The molecule has 0 radical (unpaired) electrons. The Labute approximate surface area is 192 Å². The van der Waals surface area contributed by atoms with E-state index in [9.17, 15) is 4.79 Å². The van der Waals surface area contributed by atoms with Gasteiger partial charge in [0.05, 0.1) is 10.4 Å². The lowest BCUT2D eigenvalue weighted by atomic mass is 10.2. The molecule has 2 rings (SSSR count). The fourth-order valence-corrected chi connectivity index (χ4v) is 2.99. The van der Waals surface area contributed by atoms with E-state index >= 15 is 0 Å². The number of hydrogen-bond donors (Lipinski definition) is 5. The van der Waals surface area contributed by atoms with Crippen molar-refractivity contribution >= 4 is 60.6 Å². The van der Waals surface area contributed by atoms with Crippen LogP contribution < -0.4 is 28.4 Å². The summed E-state index contributed by atoms with van der Waals surface area (Å²) in [5.74, 6) is 0.401. The third-order valence-electron chi connectivity index (χ3n) is 3.37. The minimum atomic E-state index is -1.00. The summed E-state index contributed by atoms with van der Waals surface area (Å²) in [5.41, 5.74) is 14.9. The molecule has 0 aromatic carbocycles. The molecule has 6 N–H and O–H groups in total. The highest BCUT2D eigenvalue weighted by Crippen LogP contribution is 2.13. The number of aryl methyl sites for hydroxylation is 1. The average molecular weight is 495 g/mol. The summed E-state index contributed by atoms with van der Waals surface area (Å²) in [6, 6.07) is -0.816. The fraction of sp³-hybridized carbons (Fsp3) is 0.467. The number of carboxylic acids is 1. The number of carbonyl (C=O) groups is 1. The third kappa shape index (κ3) is 10.1. The molecule has 2 aromatic rings. The highest BCUT2D eigenvalue weighted by atomic mass is 35.5.